The largest absolute Gasteiger partial charge is 0.464 e. The molecule has 5 atom stereocenters. The van der Waals surface area contributed by atoms with Crippen molar-refractivity contribution in [1.82, 2.24) is 24.6 Å². The third-order valence-corrected chi connectivity index (χ3v) is 14.1. The monoisotopic (exact) mass is 982 g/mol. The quantitative estimate of drug-likeness (QED) is 0.0155. The maximum absolute atomic E-state index is 15.1. The smallest absolute Gasteiger partial charge is 0.459 e. The van der Waals surface area contributed by atoms with Crippen LogP contribution in [0.2, 0.25) is 0 Å². The van der Waals surface area contributed by atoms with E-state index in [-0.39, 0.29) is 53.7 Å². The third-order valence-electron chi connectivity index (χ3n) is 12.5. The van der Waals surface area contributed by atoms with Crippen LogP contribution in [0.5, 0.6) is 5.75 Å². The van der Waals surface area contributed by atoms with E-state index in [1.807, 2.05) is 13.8 Å². The Morgan fingerprint density at radius 2 is 1.52 bits per heavy atom. The number of nitrogen functional groups attached to an aromatic ring is 1. The molecule has 69 heavy (non-hydrogen) atoms. The molecule has 0 aliphatic carbocycles. The zero-order valence-electron chi connectivity index (χ0n) is 40.4. The molecule has 0 bridgehead atoms. The highest BCUT2D eigenvalue weighted by molar-refractivity contribution is 7.52. The minimum absolute atomic E-state index is 0.0126. The fourth-order valence-corrected chi connectivity index (χ4v) is 9.90. The van der Waals surface area contributed by atoms with Gasteiger partial charge >= 0.3 is 25.8 Å². The van der Waals surface area contributed by atoms with Crippen molar-refractivity contribution in [1.29, 1.82) is 0 Å². The van der Waals surface area contributed by atoms with Gasteiger partial charge in [-0.15, -0.1) is 6.42 Å². The summed E-state index contributed by atoms with van der Waals surface area (Å²) in [6, 6.07) is 9.17. The second-order valence-electron chi connectivity index (χ2n) is 17.9. The van der Waals surface area contributed by atoms with Gasteiger partial charge in [0.1, 0.15) is 42.4 Å². The van der Waals surface area contributed by atoms with E-state index in [0.29, 0.717) is 25.3 Å². The van der Waals surface area contributed by atoms with Crippen LogP contribution in [0, 0.1) is 36.0 Å². The number of hydrogen-bond acceptors (Lipinski definition) is 12. The maximum Gasteiger partial charge on any atom is 0.459 e. The highest BCUT2D eigenvalue weighted by Crippen LogP contribution is 2.49. The molecule has 0 radical (unpaired) electrons. The van der Waals surface area contributed by atoms with Gasteiger partial charge in [-0.1, -0.05) is 148 Å². The molecule has 1 saturated heterocycles. The molecule has 4 unspecified atom stereocenters. The molecule has 3 N–H and O–H groups in total. The zero-order chi connectivity index (χ0) is 49.7. The number of benzene rings is 2. The Morgan fingerprint density at radius 1 is 0.913 bits per heavy atom. The molecule has 3 heterocycles. The number of nitrogens with zero attached hydrogens (tertiary/aromatic N) is 4. The number of halogens is 3. The highest BCUT2D eigenvalue weighted by atomic mass is 31.2. The maximum atomic E-state index is 15.1. The van der Waals surface area contributed by atoms with Crippen LogP contribution in [-0.4, -0.2) is 62.4 Å². The Labute approximate surface area is 405 Å². The van der Waals surface area contributed by atoms with Crippen molar-refractivity contribution in [3.05, 3.63) is 78.1 Å². The lowest BCUT2D eigenvalue weighted by Gasteiger charge is -2.31. The fourth-order valence-electron chi connectivity index (χ4n) is 8.38. The zero-order valence-corrected chi connectivity index (χ0v) is 41.2. The minimum Gasteiger partial charge on any atom is -0.464 e. The first-order valence-electron chi connectivity index (χ1n) is 24.7. The van der Waals surface area contributed by atoms with E-state index in [9.17, 15) is 22.8 Å². The van der Waals surface area contributed by atoms with Crippen LogP contribution >= 0.6 is 7.75 Å². The van der Waals surface area contributed by atoms with Gasteiger partial charge in [-0.3, -0.25) is 18.7 Å². The van der Waals surface area contributed by atoms with Gasteiger partial charge in [0, 0.05) is 18.9 Å². The molecular weight excluding hydrogens is 913 g/mol. The molecular formula is C51H70F3N6O8P. The Kier molecular flexibility index (Phi) is 22.3. The number of unbranched alkanes of at least 4 members (excludes halogenated alkanes) is 14. The number of aromatic nitrogens is 4. The van der Waals surface area contributed by atoms with Crippen LogP contribution < -0.4 is 15.3 Å². The second-order valence-corrected chi connectivity index (χ2v) is 19.6. The molecule has 2 aromatic carbocycles. The summed E-state index contributed by atoms with van der Waals surface area (Å²) in [5, 5.41) is 2.67. The summed E-state index contributed by atoms with van der Waals surface area (Å²) in [6.07, 6.45) is 22.6. The van der Waals surface area contributed by atoms with Crippen LogP contribution in [0.4, 0.5) is 19.0 Å². The lowest BCUT2D eigenvalue weighted by atomic mass is 9.98. The Hall–Kier alpha value is -5.01. The molecule has 18 heteroatoms. The Balaban J connectivity index is 1.32. The van der Waals surface area contributed by atoms with E-state index in [0.717, 1.165) is 37.8 Å². The number of carbonyl (C=O) groups excluding carboxylic acids is 2. The predicted octanol–water partition coefficient (Wildman–Crippen LogP) is 11.7. The molecule has 0 spiro atoms. The van der Waals surface area contributed by atoms with Gasteiger partial charge in [0.15, 0.2) is 22.6 Å². The number of imidazole rings is 1. The van der Waals surface area contributed by atoms with Crippen molar-refractivity contribution in [3.8, 4) is 18.1 Å². The van der Waals surface area contributed by atoms with Crippen LogP contribution in [0.25, 0.3) is 11.2 Å². The molecule has 378 valence electrons. The highest BCUT2D eigenvalue weighted by Gasteiger charge is 2.53. The Bertz CT molecular complexity index is 2290. The number of esters is 2. The lowest BCUT2D eigenvalue weighted by molar-refractivity contribution is -0.158. The third kappa shape index (κ3) is 17.1. The van der Waals surface area contributed by atoms with Crippen molar-refractivity contribution >= 4 is 36.7 Å². The molecule has 1 aliphatic heterocycles. The number of nitrogens with two attached hydrogens (primary N) is 1. The van der Waals surface area contributed by atoms with Gasteiger partial charge in [0.2, 0.25) is 0 Å². The molecule has 5 rings (SSSR count). The van der Waals surface area contributed by atoms with Crippen molar-refractivity contribution < 1.29 is 50.6 Å². The molecule has 4 aromatic rings. The number of anilines is 1. The number of fused-ring (bicyclic) bond motifs is 1. The fraction of sp³-hybridized carbons (Fsp3) is 0.588. The van der Waals surface area contributed by atoms with Crippen molar-refractivity contribution in [2.75, 3.05) is 18.9 Å². The first kappa shape index (κ1) is 54.9. The van der Waals surface area contributed by atoms with E-state index < -0.39 is 74.4 Å². The first-order chi connectivity index (χ1) is 33.3. The predicted molar refractivity (Wildman–Crippen MR) is 258 cm³/mol. The van der Waals surface area contributed by atoms with E-state index in [1.54, 1.807) is 18.2 Å². The number of ether oxygens (including phenoxy) is 3. The second kappa shape index (κ2) is 28.0. The lowest BCUT2D eigenvalue weighted by Crippen LogP contribution is -2.46. The summed E-state index contributed by atoms with van der Waals surface area (Å²) in [5.74, 6) is -0.807. The number of terminal acetylenes is 1. The van der Waals surface area contributed by atoms with Gasteiger partial charge in [-0.05, 0) is 48.6 Å². The number of hydrogen-bond donors (Lipinski definition) is 2. The van der Waals surface area contributed by atoms with E-state index in [2.05, 4.69) is 32.9 Å². The molecule has 0 amide bonds. The van der Waals surface area contributed by atoms with Gasteiger partial charge in [0.25, 0.3) is 0 Å². The molecule has 0 saturated carbocycles. The van der Waals surface area contributed by atoms with Crippen molar-refractivity contribution in [2.45, 2.75) is 173 Å². The van der Waals surface area contributed by atoms with Crippen molar-refractivity contribution in [2.24, 2.45) is 5.92 Å². The number of nitrogens with one attached hydrogen (secondary N) is 1. The summed E-state index contributed by atoms with van der Waals surface area (Å²) in [4.78, 5) is 39.1. The summed E-state index contributed by atoms with van der Waals surface area (Å²) in [7, 11) is -4.78. The summed E-state index contributed by atoms with van der Waals surface area (Å²) >= 11 is 0. The van der Waals surface area contributed by atoms with E-state index in [1.165, 1.54) is 87.2 Å². The summed E-state index contributed by atoms with van der Waals surface area (Å²) < 4.78 is 90.1. The van der Waals surface area contributed by atoms with Crippen LogP contribution in [-0.2, 0) is 39.3 Å². The van der Waals surface area contributed by atoms with Gasteiger partial charge < -0.3 is 24.5 Å². The van der Waals surface area contributed by atoms with Gasteiger partial charge in [-0.25, -0.2) is 18.3 Å². The standard InChI is InChI=1S/C51H70F3N6O8P/c1-5-9-10-11-12-13-14-15-16-17-18-19-20-21-25-28-45(61)66-43-33-44(60-36-56-46-47(55)57-50(54)58-48(46)60)67-51(43,8-4)35-65-69(63,68-41-26-23-22-24-27-41)59-42(49(62)64-34-37(6-2)7-3)31-38-29-39(52)32-40(53)30-38/h4,22-24,26-27,29-30,32,36-37,42-44H,5-7,9-21,25,28,31,33-35H2,1-3H3,(H,59,63)(H2,55,57,58)/t42?,43?,44?,51?,69-/m0/s1. The molecule has 1 aliphatic rings. The average Bonchev–Trinajstić information content (AvgIpc) is 3.91. The van der Waals surface area contributed by atoms with Crippen LogP contribution in [0.3, 0.4) is 0 Å². The average molecular weight is 983 g/mol. The molecule has 2 aromatic heterocycles. The van der Waals surface area contributed by atoms with Crippen LogP contribution in [0.1, 0.15) is 155 Å². The Morgan fingerprint density at radius 3 is 2.12 bits per heavy atom. The topological polar surface area (TPSA) is 179 Å². The molecule has 1 fully saturated rings. The summed E-state index contributed by atoms with van der Waals surface area (Å²) in [5.41, 5.74) is 4.09. The number of rotatable bonds is 32. The normalized spacial score (nSPS) is 18.2. The minimum atomic E-state index is -4.78. The SMILES string of the molecule is C#CC1(CO[P@@](=O)(NC(Cc2cc(F)cc(F)c2)C(=O)OCC(CC)CC)Oc2ccccc2)OC(n2cnc3c(N)nc(F)nc32)CC1OC(=O)CCCCCCCCCCCCCCCCC. The summed E-state index contributed by atoms with van der Waals surface area (Å²) in [6.45, 7) is 5.40. The van der Waals surface area contributed by atoms with E-state index >= 15 is 4.57 Å². The molecule has 14 nitrogen and oxygen atoms in total. The van der Waals surface area contributed by atoms with Gasteiger partial charge in [-0.2, -0.15) is 19.4 Å². The number of carbonyl (C=O) groups is 2. The van der Waals surface area contributed by atoms with Crippen LogP contribution in [0.15, 0.2) is 54.9 Å². The van der Waals surface area contributed by atoms with E-state index in [4.69, 9.17) is 35.4 Å². The number of para-hydroxylation sites is 1. The van der Waals surface area contributed by atoms with Gasteiger partial charge in [0.05, 0.1) is 12.9 Å². The van der Waals surface area contributed by atoms with Crippen molar-refractivity contribution in [3.63, 3.8) is 0 Å². The first-order valence-corrected chi connectivity index (χ1v) is 26.2.